The van der Waals surface area contributed by atoms with Crippen LogP contribution in [0, 0.1) is 6.92 Å². The Morgan fingerprint density at radius 3 is 2.28 bits per heavy atom. The zero-order valence-corrected chi connectivity index (χ0v) is 20.1. The Morgan fingerprint density at radius 1 is 1.09 bits per heavy atom. The van der Waals surface area contributed by atoms with Gasteiger partial charge in [0.05, 0.1) is 16.3 Å². The summed E-state index contributed by atoms with van der Waals surface area (Å²) in [6.07, 6.45) is -0.0742. The fraction of sp³-hybridized carbons (Fsp3) is 0.409. The van der Waals surface area contributed by atoms with E-state index in [0.29, 0.717) is 5.56 Å². The molecule has 0 saturated carbocycles. The molecule has 32 heavy (non-hydrogen) atoms. The highest BCUT2D eigenvalue weighted by Gasteiger charge is 2.36. The van der Waals surface area contributed by atoms with Crippen LogP contribution in [0.5, 0.6) is 0 Å². The van der Waals surface area contributed by atoms with E-state index in [2.05, 4.69) is 9.62 Å². The van der Waals surface area contributed by atoms with E-state index in [0.717, 1.165) is 23.0 Å². The predicted molar refractivity (Wildman–Crippen MR) is 124 cm³/mol. The molecule has 174 valence electrons. The molecule has 1 aliphatic rings. The Balaban J connectivity index is 1.85. The largest absolute Gasteiger partial charge is 0.296 e. The van der Waals surface area contributed by atoms with Crippen LogP contribution in [0.25, 0.3) is 0 Å². The van der Waals surface area contributed by atoms with Gasteiger partial charge in [0, 0.05) is 19.0 Å². The van der Waals surface area contributed by atoms with Crippen molar-refractivity contribution >= 4 is 31.6 Å². The Morgan fingerprint density at radius 2 is 1.75 bits per heavy atom. The van der Waals surface area contributed by atoms with Crippen molar-refractivity contribution in [3.63, 3.8) is 0 Å². The molecule has 1 unspecified atom stereocenters. The maximum Gasteiger partial charge on any atom is 0.242 e. The normalized spacial score (nSPS) is 17.1. The van der Waals surface area contributed by atoms with Crippen LogP contribution in [0.1, 0.15) is 37.4 Å². The van der Waals surface area contributed by atoms with Crippen molar-refractivity contribution in [2.75, 3.05) is 29.7 Å². The molecule has 0 aromatic heterocycles. The molecular weight excluding hydrogens is 450 g/mol. The average molecular weight is 480 g/mol. The van der Waals surface area contributed by atoms with Crippen molar-refractivity contribution < 1.29 is 21.6 Å². The molecule has 2 aromatic carbocycles. The third kappa shape index (κ3) is 5.03. The second kappa shape index (κ2) is 9.70. The number of nitrogens with zero attached hydrogens (tertiary/aromatic N) is 2. The maximum absolute atomic E-state index is 13.1. The van der Waals surface area contributed by atoms with Gasteiger partial charge in [-0.25, -0.2) is 25.9 Å². The van der Waals surface area contributed by atoms with Crippen LogP contribution in [0.2, 0.25) is 0 Å². The summed E-state index contributed by atoms with van der Waals surface area (Å²) >= 11 is 0. The van der Waals surface area contributed by atoms with Crippen LogP contribution in [0.15, 0.2) is 53.4 Å². The van der Waals surface area contributed by atoms with Crippen LogP contribution < -0.4 is 9.03 Å². The zero-order valence-electron chi connectivity index (χ0n) is 18.5. The lowest BCUT2D eigenvalue weighted by Crippen LogP contribution is -2.38. The number of aryl methyl sites for hydroxylation is 1. The van der Waals surface area contributed by atoms with Gasteiger partial charge in [-0.15, -0.1) is 0 Å². The van der Waals surface area contributed by atoms with Gasteiger partial charge >= 0.3 is 0 Å². The van der Waals surface area contributed by atoms with E-state index in [1.165, 1.54) is 18.2 Å². The summed E-state index contributed by atoms with van der Waals surface area (Å²) < 4.78 is 54.0. The second-order valence-electron chi connectivity index (χ2n) is 7.67. The minimum absolute atomic E-state index is 0.0525. The molecule has 1 aliphatic heterocycles. The lowest BCUT2D eigenvalue weighted by atomic mass is 10.1. The third-order valence-electron chi connectivity index (χ3n) is 5.67. The maximum atomic E-state index is 13.1. The minimum atomic E-state index is -3.86. The number of benzene rings is 2. The van der Waals surface area contributed by atoms with Crippen LogP contribution in [0.4, 0.5) is 5.69 Å². The number of amides is 1. The molecule has 3 rings (SSSR count). The molecule has 0 aliphatic carbocycles. The van der Waals surface area contributed by atoms with E-state index in [1.807, 2.05) is 44.2 Å². The van der Waals surface area contributed by atoms with E-state index >= 15 is 0 Å². The minimum Gasteiger partial charge on any atom is -0.296 e. The molecule has 1 heterocycles. The van der Waals surface area contributed by atoms with Crippen molar-refractivity contribution in [2.45, 2.75) is 38.1 Å². The van der Waals surface area contributed by atoms with E-state index in [9.17, 15) is 21.6 Å². The van der Waals surface area contributed by atoms with Gasteiger partial charge in [-0.3, -0.25) is 9.69 Å². The Hall–Kier alpha value is -2.27. The Kier molecular flexibility index (Phi) is 7.39. The first-order valence-electron chi connectivity index (χ1n) is 10.6. The van der Waals surface area contributed by atoms with Crippen molar-refractivity contribution in [3.8, 4) is 0 Å². The zero-order chi connectivity index (χ0) is 23.5. The number of carbonyl (C=O) groups is 1. The monoisotopic (exact) mass is 479 g/mol. The summed E-state index contributed by atoms with van der Waals surface area (Å²) in [6, 6.07) is 13.7. The first-order valence-corrected chi connectivity index (χ1v) is 13.6. The molecule has 0 spiro atoms. The number of likely N-dealkylation sites (N-methyl/N-ethyl adjacent to an activating group) is 1. The molecular formula is C22H29N3O5S2. The van der Waals surface area contributed by atoms with Crippen molar-refractivity contribution in [1.82, 2.24) is 9.62 Å². The van der Waals surface area contributed by atoms with Gasteiger partial charge in [0.15, 0.2) is 0 Å². The molecule has 1 fully saturated rings. The SMILES string of the molecule is CCN(CC)C(CNS(=O)(=O)c1ccc(N2C(=O)CCS2(=O)=O)cc1C)c1ccccc1. The van der Waals surface area contributed by atoms with Crippen LogP contribution in [0.3, 0.4) is 0 Å². The third-order valence-corrected chi connectivity index (χ3v) is 8.94. The van der Waals surface area contributed by atoms with Gasteiger partial charge in [-0.2, -0.15) is 0 Å². The summed E-state index contributed by atoms with van der Waals surface area (Å²) in [7, 11) is -7.56. The van der Waals surface area contributed by atoms with E-state index in [4.69, 9.17) is 0 Å². The first kappa shape index (κ1) is 24.4. The summed E-state index contributed by atoms with van der Waals surface area (Å²) in [5.74, 6) is -0.748. The highest BCUT2D eigenvalue weighted by Crippen LogP contribution is 2.29. The van der Waals surface area contributed by atoms with Crippen LogP contribution in [-0.2, 0) is 24.8 Å². The molecule has 0 bridgehead atoms. The number of sulfonamides is 2. The Labute approximate surface area is 190 Å². The Bertz CT molecular complexity index is 1180. The standard InChI is InChI=1S/C22H29N3O5S2/c1-4-24(5-2)20(18-9-7-6-8-10-18)16-23-32(29,30)21-12-11-19(15-17(21)3)25-22(26)13-14-31(25,27)28/h6-12,15,20,23H,4-5,13-14,16H2,1-3H3. The number of nitrogens with one attached hydrogen (secondary N) is 1. The van der Waals surface area contributed by atoms with Gasteiger partial charge in [0.2, 0.25) is 26.0 Å². The van der Waals surface area contributed by atoms with E-state index in [1.54, 1.807) is 6.92 Å². The lowest BCUT2D eigenvalue weighted by Gasteiger charge is -2.30. The lowest BCUT2D eigenvalue weighted by molar-refractivity contribution is -0.116. The summed E-state index contributed by atoms with van der Waals surface area (Å²) in [5, 5.41) is 0. The van der Waals surface area contributed by atoms with Gasteiger partial charge < -0.3 is 0 Å². The summed E-state index contributed by atoms with van der Waals surface area (Å²) in [4.78, 5) is 14.3. The van der Waals surface area contributed by atoms with E-state index < -0.39 is 26.0 Å². The van der Waals surface area contributed by atoms with E-state index in [-0.39, 0.29) is 35.3 Å². The number of anilines is 1. The topological polar surface area (TPSA) is 104 Å². The van der Waals surface area contributed by atoms with Crippen molar-refractivity contribution in [1.29, 1.82) is 0 Å². The van der Waals surface area contributed by atoms with Gasteiger partial charge in [0.25, 0.3) is 0 Å². The fourth-order valence-corrected chi connectivity index (χ4v) is 6.71. The second-order valence-corrected chi connectivity index (χ2v) is 11.3. The quantitative estimate of drug-likeness (QED) is 0.592. The highest BCUT2D eigenvalue weighted by molar-refractivity contribution is 7.94. The molecule has 10 heteroatoms. The highest BCUT2D eigenvalue weighted by atomic mass is 32.2. The molecule has 1 amide bonds. The molecule has 1 atom stereocenters. The van der Waals surface area contributed by atoms with Crippen LogP contribution >= 0.6 is 0 Å². The fourth-order valence-electron chi connectivity index (χ4n) is 3.99. The van der Waals surface area contributed by atoms with Crippen molar-refractivity contribution in [3.05, 3.63) is 59.7 Å². The summed E-state index contributed by atoms with van der Waals surface area (Å²) in [5.41, 5.74) is 1.54. The average Bonchev–Trinajstić information content (AvgIpc) is 3.03. The summed E-state index contributed by atoms with van der Waals surface area (Å²) in [6.45, 7) is 7.38. The molecule has 2 aromatic rings. The van der Waals surface area contributed by atoms with Gasteiger partial charge in [-0.1, -0.05) is 44.2 Å². The number of hydrogen-bond donors (Lipinski definition) is 1. The molecule has 1 saturated heterocycles. The molecule has 1 N–H and O–H groups in total. The molecule has 8 nitrogen and oxygen atoms in total. The van der Waals surface area contributed by atoms with Crippen LogP contribution in [-0.4, -0.2) is 53.0 Å². The predicted octanol–water partition coefficient (Wildman–Crippen LogP) is 2.42. The number of hydrogen-bond acceptors (Lipinski definition) is 6. The number of carbonyl (C=O) groups excluding carboxylic acids is 1. The van der Waals surface area contributed by atoms with Crippen molar-refractivity contribution in [2.24, 2.45) is 0 Å². The number of rotatable bonds is 9. The van der Waals surface area contributed by atoms with Gasteiger partial charge in [0.1, 0.15) is 0 Å². The molecule has 0 radical (unpaired) electrons. The van der Waals surface area contributed by atoms with Gasteiger partial charge in [-0.05, 0) is 49.3 Å². The first-order chi connectivity index (χ1) is 15.1. The smallest absolute Gasteiger partial charge is 0.242 e.